The molecule has 27 heavy (non-hydrogen) atoms. The standard InChI is InChI=1S/C19H18FNO5S/c1-19(18(23)24,27(2,25)26)10-11-21-13-16(20)15(12-17(21)22)9-8-14-6-4-3-5-7-14/h3-7,12-13H,10-11H2,1-2H3,(H,23,24)/t19-/m1/s1. The second-order valence-electron chi connectivity index (χ2n) is 6.24. The highest BCUT2D eigenvalue weighted by molar-refractivity contribution is 7.92. The summed E-state index contributed by atoms with van der Waals surface area (Å²) in [4.78, 5) is 23.5. The lowest BCUT2D eigenvalue weighted by Crippen LogP contribution is -2.44. The van der Waals surface area contributed by atoms with Crippen LogP contribution in [-0.4, -0.2) is 35.1 Å². The summed E-state index contributed by atoms with van der Waals surface area (Å²) in [7, 11) is -3.94. The number of carboxylic acid groups (broad SMARTS) is 1. The van der Waals surface area contributed by atoms with Crippen molar-refractivity contribution in [3.05, 3.63) is 69.9 Å². The topological polar surface area (TPSA) is 93.4 Å². The fourth-order valence-corrected chi connectivity index (χ4v) is 3.04. The summed E-state index contributed by atoms with van der Waals surface area (Å²) in [6.45, 7) is 0.795. The number of hydrogen-bond donors (Lipinski definition) is 1. The van der Waals surface area contributed by atoms with Crippen molar-refractivity contribution in [3.63, 3.8) is 0 Å². The molecule has 0 spiro atoms. The number of carboxylic acids is 1. The molecule has 0 radical (unpaired) electrons. The van der Waals surface area contributed by atoms with Crippen LogP contribution in [0.2, 0.25) is 0 Å². The molecule has 0 aliphatic heterocycles. The van der Waals surface area contributed by atoms with Gasteiger partial charge in [-0.2, -0.15) is 0 Å². The van der Waals surface area contributed by atoms with Gasteiger partial charge in [0.1, 0.15) is 0 Å². The largest absolute Gasteiger partial charge is 0.480 e. The van der Waals surface area contributed by atoms with Gasteiger partial charge in [0.25, 0.3) is 5.56 Å². The van der Waals surface area contributed by atoms with Crippen molar-refractivity contribution < 1.29 is 22.7 Å². The Kier molecular flexibility index (Phi) is 5.86. The summed E-state index contributed by atoms with van der Waals surface area (Å²) < 4.78 is 36.7. The summed E-state index contributed by atoms with van der Waals surface area (Å²) >= 11 is 0. The zero-order chi connectivity index (χ0) is 20.2. The lowest BCUT2D eigenvalue weighted by Gasteiger charge is -2.23. The van der Waals surface area contributed by atoms with Crippen molar-refractivity contribution in [3.8, 4) is 11.8 Å². The van der Waals surface area contributed by atoms with E-state index in [0.29, 0.717) is 5.56 Å². The van der Waals surface area contributed by atoms with Gasteiger partial charge >= 0.3 is 5.97 Å². The number of halogens is 1. The zero-order valence-electron chi connectivity index (χ0n) is 14.8. The quantitative estimate of drug-likeness (QED) is 0.783. The summed E-state index contributed by atoms with van der Waals surface area (Å²) in [5.41, 5.74) is -0.0364. The monoisotopic (exact) mass is 391 g/mol. The molecule has 1 N–H and O–H groups in total. The van der Waals surface area contributed by atoms with Gasteiger partial charge in [-0.15, -0.1) is 0 Å². The highest BCUT2D eigenvalue weighted by atomic mass is 32.2. The first-order valence-electron chi connectivity index (χ1n) is 7.94. The van der Waals surface area contributed by atoms with E-state index in [0.717, 1.165) is 30.0 Å². The maximum atomic E-state index is 14.2. The molecule has 0 saturated heterocycles. The lowest BCUT2D eigenvalue weighted by molar-refractivity contribution is -0.139. The minimum atomic E-state index is -3.94. The van der Waals surface area contributed by atoms with E-state index in [4.69, 9.17) is 0 Å². The van der Waals surface area contributed by atoms with Gasteiger partial charge in [0.05, 0.1) is 5.56 Å². The molecule has 0 unspecified atom stereocenters. The Morgan fingerprint density at radius 2 is 1.89 bits per heavy atom. The average molecular weight is 391 g/mol. The zero-order valence-corrected chi connectivity index (χ0v) is 15.6. The van der Waals surface area contributed by atoms with Gasteiger partial charge in [0.2, 0.25) is 0 Å². The summed E-state index contributed by atoms with van der Waals surface area (Å²) in [6, 6.07) is 9.85. The number of carbonyl (C=O) groups is 1. The summed E-state index contributed by atoms with van der Waals surface area (Å²) in [6.07, 6.45) is 1.34. The maximum Gasteiger partial charge on any atom is 0.324 e. The van der Waals surface area contributed by atoms with Crippen molar-refractivity contribution in [2.24, 2.45) is 0 Å². The Morgan fingerprint density at radius 3 is 2.44 bits per heavy atom. The minimum Gasteiger partial charge on any atom is -0.480 e. The summed E-state index contributed by atoms with van der Waals surface area (Å²) in [5, 5.41) is 9.23. The van der Waals surface area contributed by atoms with E-state index in [1.54, 1.807) is 24.3 Å². The molecule has 2 aromatic rings. The highest BCUT2D eigenvalue weighted by Gasteiger charge is 2.43. The lowest BCUT2D eigenvalue weighted by atomic mass is 10.1. The van der Waals surface area contributed by atoms with Gasteiger partial charge in [-0.05, 0) is 25.5 Å². The van der Waals surface area contributed by atoms with Crippen LogP contribution >= 0.6 is 0 Å². The van der Waals surface area contributed by atoms with E-state index in [1.165, 1.54) is 0 Å². The molecular formula is C19H18FNO5S. The molecule has 142 valence electrons. The fraction of sp³-hybridized carbons (Fsp3) is 0.263. The van der Waals surface area contributed by atoms with Gasteiger partial charge in [0, 0.05) is 30.6 Å². The van der Waals surface area contributed by atoms with E-state index >= 15 is 0 Å². The third kappa shape index (κ3) is 4.63. The van der Waals surface area contributed by atoms with Crippen LogP contribution in [0.4, 0.5) is 4.39 Å². The van der Waals surface area contributed by atoms with Crippen LogP contribution in [0.25, 0.3) is 0 Å². The average Bonchev–Trinajstić information content (AvgIpc) is 2.60. The van der Waals surface area contributed by atoms with Crippen LogP contribution < -0.4 is 5.56 Å². The van der Waals surface area contributed by atoms with Crippen molar-refractivity contribution in [1.82, 2.24) is 4.57 Å². The molecule has 1 heterocycles. The van der Waals surface area contributed by atoms with Crippen LogP contribution in [0.15, 0.2) is 47.4 Å². The Bertz CT molecular complexity index is 1080. The van der Waals surface area contributed by atoms with Gasteiger partial charge in [-0.1, -0.05) is 30.0 Å². The fourth-order valence-electron chi connectivity index (χ4n) is 2.26. The molecule has 0 amide bonds. The number of sulfone groups is 1. The van der Waals surface area contributed by atoms with E-state index in [1.807, 2.05) is 6.07 Å². The van der Waals surface area contributed by atoms with E-state index < -0.39 is 31.9 Å². The number of nitrogens with zero attached hydrogens (tertiary/aromatic N) is 1. The molecule has 0 fully saturated rings. The number of aryl methyl sites for hydroxylation is 1. The number of aromatic nitrogens is 1. The van der Waals surface area contributed by atoms with Crippen molar-refractivity contribution in [2.75, 3.05) is 6.26 Å². The molecule has 1 aromatic carbocycles. The minimum absolute atomic E-state index is 0.0933. The van der Waals surface area contributed by atoms with Gasteiger partial charge in [0.15, 0.2) is 20.4 Å². The van der Waals surface area contributed by atoms with Crippen LogP contribution in [0, 0.1) is 17.7 Å². The number of pyridine rings is 1. The predicted octanol–water partition coefficient (Wildman–Crippen LogP) is 1.67. The third-order valence-electron chi connectivity index (χ3n) is 4.29. The molecule has 0 aliphatic rings. The molecule has 0 aliphatic carbocycles. The van der Waals surface area contributed by atoms with Gasteiger partial charge < -0.3 is 9.67 Å². The predicted molar refractivity (Wildman–Crippen MR) is 98.6 cm³/mol. The van der Waals surface area contributed by atoms with E-state index in [2.05, 4.69) is 11.8 Å². The highest BCUT2D eigenvalue weighted by Crippen LogP contribution is 2.22. The van der Waals surface area contributed by atoms with Crippen molar-refractivity contribution in [1.29, 1.82) is 0 Å². The normalized spacial score (nSPS) is 13.3. The van der Waals surface area contributed by atoms with Gasteiger partial charge in [-0.25, -0.2) is 12.8 Å². The van der Waals surface area contributed by atoms with Crippen LogP contribution in [0.1, 0.15) is 24.5 Å². The molecule has 0 saturated carbocycles. The van der Waals surface area contributed by atoms with Crippen molar-refractivity contribution in [2.45, 2.75) is 24.6 Å². The van der Waals surface area contributed by atoms with Crippen LogP contribution in [-0.2, 0) is 21.2 Å². The molecule has 1 atom stereocenters. The molecule has 8 heteroatoms. The molecule has 6 nitrogen and oxygen atoms in total. The van der Waals surface area contributed by atoms with Gasteiger partial charge in [-0.3, -0.25) is 9.59 Å². The first-order valence-corrected chi connectivity index (χ1v) is 9.84. The number of aliphatic carboxylic acids is 1. The second-order valence-corrected chi connectivity index (χ2v) is 8.69. The smallest absolute Gasteiger partial charge is 0.324 e. The van der Waals surface area contributed by atoms with Crippen molar-refractivity contribution >= 4 is 15.8 Å². The van der Waals surface area contributed by atoms with E-state index in [9.17, 15) is 27.5 Å². The SMILES string of the molecule is C[C@@](CCn1cc(F)c(C#Cc2ccccc2)cc1=O)(C(=O)O)S(C)(=O)=O. The molecule has 1 aromatic heterocycles. The number of rotatable bonds is 5. The second kappa shape index (κ2) is 7.76. The summed E-state index contributed by atoms with van der Waals surface area (Å²) in [5.74, 6) is 3.05. The first-order chi connectivity index (χ1) is 12.5. The third-order valence-corrected chi connectivity index (χ3v) is 6.31. The van der Waals surface area contributed by atoms with E-state index in [-0.39, 0.29) is 18.5 Å². The van der Waals surface area contributed by atoms with Crippen LogP contribution in [0.3, 0.4) is 0 Å². The maximum absolute atomic E-state index is 14.2. The Hall–Kier alpha value is -2.92. The number of benzene rings is 1. The number of hydrogen-bond acceptors (Lipinski definition) is 4. The Labute approximate surface area is 156 Å². The first kappa shape index (κ1) is 20.4. The van der Waals surface area contributed by atoms with Crippen LogP contribution in [0.5, 0.6) is 0 Å². The molecule has 2 rings (SSSR count). The Balaban J connectivity index is 2.29. The molecular weight excluding hydrogens is 373 g/mol. The molecule has 0 bridgehead atoms. The Morgan fingerprint density at radius 1 is 1.26 bits per heavy atom.